The van der Waals surface area contributed by atoms with Gasteiger partial charge in [0.25, 0.3) is 0 Å². The van der Waals surface area contributed by atoms with E-state index < -0.39 is 5.82 Å². The van der Waals surface area contributed by atoms with Gasteiger partial charge in [-0.3, -0.25) is 4.79 Å². The van der Waals surface area contributed by atoms with Crippen molar-refractivity contribution in [2.75, 3.05) is 12.4 Å². The number of amides is 1. The van der Waals surface area contributed by atoms with Gasteiger partial charge in [0.05, 0.1) is 12.8 Å². The van der Waals surface area contributed by atoms with E-state index in [1.165, 1.54) is 19.2 Å². The third-order valence-corrected chi connectivity index (χ3v) is 1.70. The van der Waals surface area contributed by atoms with Gasteiger partial charge in [-0.15, -0.1) is 0 Å². The lowest BCUT2D eigenvalue weighted by Crippen LogP contribution is -1.99. The van der Waals surface area contributed by atoms with Crippen molar-refractivity contribution in [2.45, 2.75) is 6.92 Å². The molecule has 1 N–H and O–H groups in total. The molecule has 0 spiro atoms. The minimum atomic E-state index is -0.467. The maximum Gasteiger partial charge on any atom is 0.211 e. The van der Waals surface area contributed by atoms with Crippen LogP contribution in [0.25, 0.3) is 0 Å². The zero-order valence-corrected chi connectivity index (χ0v) is 7.43. The molecule has 0 aliphatic carbocycles. The molecule has 0 aromatic heterocycles. The van der Waals surface area contributed by atoms with E-state index in [1.54, 1.807) is 6.92 Å². The van der Waals surface area contributed by atoms with Crippen LogP contribution in [-0.2, 0) is 4.79 Å². The molecule has 0 saturated heterocycles. The highest BCUT2D eigenvalue weighted by Crippen LogP contribution is 2.24. The number of carbonyl (C=O) groups is 1. The molecular weight excluding hydrogens is 173 g/mol. The molecule has 0 radical (unpaired) electrons. The van der Waals surface area contributed by atoms with Crippen molar-refractivity contribution in [2.24, 2.45) is 0 Å². The van der Waals surface area contributed by atoms with Gasteiger partial charge < -0.3 is 10.1 Å². The summed E-state index contributed by atoms with van der Waals surface area (Å²) in [4.78, 5) is 10.1. The van der Waals surface area contributed by atoms with Crippen molar-refractivity contribution in [1.29, 1.82) is 0 Å². The lowest BCUT2D eigenvalue weighted by atomic mass is 10.2. The summed E-state index contributed by atoms with van der Waals surface area (Å²) in [5, 5.41) is 2.24. The van der Waals surface area contributed by atoms with Gasteiger partial charge in [-0.25, -0.2) is 4.39 Å². The molecule has 0 aliphatic rings. The van der Waals surface area contributed by atoms with Gasteiger partial charge in [0, 0.05) is 6.07 Å². The summed E-state index contributed by atoms with van der Waals surface area (Å²) in [6.07, 6.45) is 0.424. The van der Waals surface area contributed by atoms with Gasteiger partial charge >= 0.3 is 0 Å². The first-order valence-corrected chi connectivity index (χ1v) is 3.73. The maximum absolute atomic E-state index is 13.1. The molecule has 0 fully saturated rings. The number of methoxy groups -OCH3 is 1. The van der Waals surface area contributed by atoms with Crippen LogP contribution >= 0.6 is 0 Å². The minimum absolute atomic E-state index is 0.123. The van der Waals surface area contributed by atoms with Crippen molar-refractivity contribution in [1.82, 2.24) is 0 Å². The smallest absolute Gasteiger partial charge is 0.211 e. The van der Waals surface area contributed by atoms with E-state index in [0.29, 0.717) is 17.7 Å². The largest absolute Gasteiger partial charge is 0.496 e. The summed E-state index contributed by atoms with van der Waals surface area (Å²) in [7, 11) is 1.49. The number of halogens is 1. The molecule has 1 aromatic carbocycles. The second kappa shape index (κ2) is 3.89. The Kier molecular flexibility index (Phi) is 2.84. The summed E-state index contributed by atoms with van der Waals surface area (Å²) in [5.41, 5.74) is 0.814. The lowest BCUT2D eigenvalue weighted by molar-refractivity contribution is -0.105. The van der Waals surface area contributed by atoms with Crippen LogP contribution in [0.3, 0.4) is 0 Å². The highest BCUT2D eigenvalue weighted by atomic mass is 19.1. The Labute approximate surface area is 75.5 Å². The molecule has 0 unspecified atom stereocenters. The molecule has 4 heteroatoms. The molecule has 1 aromatic rings. The number of anilines is 1. The Hall–Kier alpha value is -1.58. The predicted octanol–water partition coefficient (Wildman–Crippen LogP) is 1.71. The molecule has 70 valence electrons. The number of rotatable bonds is 3. The van der Waals surface area contributed by atoms with E-state index in [9.17, 15) is 9.18 Å². The SMILES string of the molecule is COc1cc(NC=O)c(F)cc1C. The second-order valence-electron chi connectivity index (χ2n) is 2.56. The number of ether oxygens (including phenoxy) is 1. The van der Waals surface area contributed by atoms with Gasteiger partial charge in [0.1, 0.15) is 11.6 Å². The van der Waals surface area contributed by atoms with Crippen molar-refractivity contribution < 1.29 is 13.9 Å². The Morgan fingerprint density at radius 3 is 2.77 bits per heavy atom. The van der Waals surface area contributed by atoms with Gasteiger partial charge in [0.2, 0.25) is 6.41 Å². The molecule has 0 atom stereocenters. The van der Waals surface area contributed by atoms with E-state index in [1.807, 2.05) is 0 Å². The van der Waals surface area contributed by atoms with E-state index in [-0.39, 0.29) is 5.69 Å². The fourth-order valence-electron chi connectivity index (χ4n) is 1.05. The fourth-order valence-corrected chi connectivity index (χ4v) is 1.05. The van der Waals surface area contributed by atoms with Crippen LogP contribution < -0.4 is 10.1 Å². The van der Waals surface area contributed by atoms with E-state index in [0.717, 1.165) is 0 Å². The first-order valence-electron chi connectivity index (χ1n) is 3.73. The summed E-state index contributed by atoms with van der Waals surface area (Å²) in [6.45, 7) is 1.73. The van der Waals surface area contributed by atoms with E-state index >= 15 is 0 Å². The van der Waals surface area contributed by atoms with Gasteiger partial charge in [-0.05, 0) is 18.6 Å². The summed E-state index contributed by atoms with van der Waals surface area (Å²) in [5.74, 6) is 0.0798. The highest BCUT2D eigenvalue weighted by Gasteiger charge is 2.06. The summed E-state index contributed by atoms with van der Waals surface area (Å²) < 4.78 is 18.0. The van der Waals surface area contributed by atoms with Crippen molar-refractivity contribution in [3.8, 4) is 5.75 Å². The average Bonchev–Trinajstić information content (AvgIpc) is 2.10. The Balaban J connectivity index is 3.13. The average molecular weight is 183 g/mol. The third-order valence-electron chi connectivity index (χ3n) is 1.70. The molecule has 0 heterocycles. The lowest BCUT2D eigenvalue weighted by Gasteiger charge is -2.07. The Morgan fingerprint density at radius 1 is 1.54 bits per heavy atom. The second-order valence-corrected chi connectivity index (χ2v) is 2.56. The zero-order valence-electron chi connectivity index (χ0n) is 7.43. The minimum Gasteiger partial charge on any atom is -0.496 e. The number of carbonyl (C=O) groups excluding carboxylic acids is 1. The zero-order chi connectivity index (χ0) is 9.84. The molecule has 0 saturated carbocycles. The van der Waals surface area contributed by atoms with Crippen LogP contribution in [0, 0.1) is 12.7 Å². The summed E-state index contributed by atoms with van der Waals surface area (Å²) >= 11 is 0. The van der Waals surface area contributed by atoms with E-state index in [4.69, 9.17) is 4.74 Å². The van der Waals surface area contributed by atoms with Crippen LogP contribution in [-0.4, -0.2) is 13.5 Å². The van der Waals surface area contributed by atoms with Gasteiger partial charge in [-0.1, -0.05) is 0 Å². The third kappa shape index (κ3) is 1.96. The molecule has 13 heavy (non-hydrogen) atoms. The molecule has 0 aliphatic heterocycles. The molecule has 1 amide bonds. The topological polar surface area (TPSA) is 38.3 Å². The van der Waals surface area contributed by atoms with Crippen LogP contribution in [0.5, 0.6) is 5.75 Å². The van der Waals surface area contributed by atoms with E-state index in [2.05, 4.69) is 5.32 Å². The van der Waals surface area contributed by atoms with Crippen molar-refractivity contribution in [3.05, 3.63) is 23.5 Å². The number of nitrogens with one attached hydrogen (secondary N) is 1. The highest BCUT2D eigenvalue weighted by molar-refractivity contribution is 5.72. The van der Waals surface area contributed by atoms with Crippen LogP contribution in [0.15, 0.2) is 12.1 Å². The molecule has 1 rings (SSSR count). The fraction of sp³-hybridized carbons (Fsp3) is 0.222. The number of benzene rings is 1. The normalized spacial score (nSPS) is 9.46. The first kappa shape index (κ1) is 9.51. The Bertz CT molecular complexity index is 326. The molecule has 3 nitrogen and oxygen atoms in total. The monoisotopic (exact) mass is 183 g/mol. The quantitative estimate of drug-likeness (QED) is 0.724. The van der Waals surface area contributed by atoms with Crippen LogP contribution in [0.2, 0.25) is 0 Å². The van der Waals surface area contributed by atoms with Crippen LogP contribution in [0.4, 0.5) is 10.1 Å². The molecular formula is C9H10FNO2. The van der Waals surface area contributed by atoms with Gasteiger partial charge in [-0.2, -0.15) is 0 Å². The van der Waals surface area contributed by atoms with Crippen LogP contribution in [0.1, 0.15) is 5.56 Å². The summed E-state index contributed by atoms with van der Waals surface area (Å²) in [6, 6.07) is 2.75. The Morgan fingerprint density at radius 2 is 2.23 bits per heavy atom. The number of aryl methyl sites for hydroxylation is 1. The standard InChI is InChI=1S/C9H10FNO2/c1-6-3-7(10)8(11-5-12)4-9(6)13-2/h3-5H,1-2H3,(H,11,12). The molecule has 0 bridgehead atoms. The predicted molar refractivity (Wildman–Crippen MR) is 47.4 cm³/mol. The van der Waals surface area contributed by atoms with Gasteiger partial charge in [0.15, 0.2) is 0 Å². The number of hydrogen-bond donors (Lipinski definition) is 1. The van der Waals surface area contributed by atoms with Crippen molar-refractivity contribution >= 4 is 12.1 Å². The maximum atomic E-state index is 13.1. The number of hydrogen-bond acceptors (Lipinski definition) is 2. The first-order chi connectivity index (χ1) is 6.19. The van der Waals surface area contributed by atoms with Crippen molar-refractivity contribution in [3.63, 3.8) is 0 Å².